The van der Waals surface area contributed by atoms with Crippen molar-refractivity contribution in [3.05, 3.63) is 84.2 Å². The van der Waals surface area contributed by atoms with E-state index in [1.165, 1.54) is 36.0 Å². The molecular formula is C26H23FN4O3S. The Bertz CT molecular complexity index is 1300. The molecule has 1 fully saturated rings. The summed E-state index contributed by atoms with van der Waals surface area (Å²) in [5.74, 6) is -0.386. The SMILES string of the molecule is O=C(CSc1nc2ccccc2o1)Nc1ccc(N2CCN(C(=O)c3ccc(F)cc3)CC2)cc1. The van der Waals surface area contributed by atoms with Crippen molar-refractivity contribution in [3.8, 4) is 0 Å². The van der Waals surface area contributed by atoms with Gasteiger partial charge in [0.2, 0.25) is 5.91 Å². The number of para-hydroxylation sites is 2. The van der Waals surface area contributed by atoms with Gasteiger partial charge < -0.3 is 19.5 Å². The molecule has 1 aliphatic heterocycles. The van der Waals surface area contributed by atoms with Gasteiger partial charge in [0.05, 0.1) is 5.75 Å². The number of thioether (sulfide) groups is 1. The van der Waals surface area contributed by atoms with Crippen LogP contribution in [0, 0.1) is 5.82 Å². The number of carbonyl (C=O) groups excluding carboxylic acids is 2. The molecule has 1 aromatic heterocycles. The van der Waals surface area contributed by atoms with Gasteiger partial charge in [-0.25, -0.2) is 9.37 Å². The number of piperazine rings is 1. The zero-order valence-corrected chi connectivity index (χ0v) is 19.6. The van der Waals surface area contributed by atoms with Crippen LogP contribution >= 0.6 is 11.8 Å². The quantitative estimate of drug-likeness (QED) is 0.396. The Hall–Kier alpha value is -3.85. The minimum absolute atomic E-state index is 0.0848. The summed E-state index contributed by atoms with van der Waals surface area (Å²) < 4.78 is 18.7. The van der Waals surface area contributed by atoms with E-state index in [1.807, 2.05) is 48.5 Å². The maximum absolute atomic E-state index is 13.1. The molecule has 0 bridgehead atoms. The Labute approximate surface area is 205 Å². The van der Waals surface area contributed by atoms with E-state index in [2.05, 4.69) is 15.2 Å². The van der Waals surface area contributed by atoms with Crippen LogP contribution in [0.25, 0.3) is 11.1 Å². The number of halogens is 1. The zero-order valence-electron chi connectivity index (χ0n) is 18.8. The third-order valence-electron chi connectivity index (χ3n) is 5.78. The van der Waals surface area contributed by atoms with Crippen LogP contribution in [0.3, 0.4) is 0 Å². The number of amides is 2. The van der Waals surface area contributed by atoms with Gasteiger partial charge >= 0.3 is 0 Å². The normalized spacial score (nSPS) is 13.7. The van der Waals surface area contributed by atoms with Crippen LogP contribution in [0.15, 0.2) is 82.4 Å². The van der Waals surface area contributed by atoms with Crippen LogP contribution in [-0.4, -0.2) is 53.6 Å². The minimum atomic E-state index is -0.354. The molecule has 7 nitrogen and oxygen atoms in total. The number of rotatable bonds is 6. The molecule has 9 heteroatoms. The molecule has 5 rings (SSSR count). The van der Waals surface area contributed by atoms with Crippen LogP contribution in [0.2, 0.25) is 0 Å². The van der Waals surface area contributed by atoms with Crippen LogP contribution in [0.5, 0.6) is 0 Å². The van der Waals surface area contributed by atoms with E-state index >= 15 is 0 Å². The molecule has 1 aliphatic rings. The molecule has 0 aliphatic carbocycles. The van der Waals surface area contributed by atoms with Crippen molar-refractivity contribution in [2.24, 2.45) is 0 Å². The Morgan fingerprint density at radius 1 is 0.943 bits per heavy atom. The number of hydrogen-bond acceptors (Lipinski definition) is 6. The number of oxazole rings is 1. The lowest BCUT2D eigenvalue weighted by molar-refractivity contribution is -0.113. The van der Waals surface area contributed by atoms with Crippen molar-refractivity contribution >= 4 is 46.1 Å². The highest BCUT2D eigenvalue weighted by atomic mass is 32.2. The standard InChI is InChI=1S/C26H23FN4O3S/c27-19-7-5-18(6-8-19)25(33)31-15-13-30(14-16-31)21-11-9-20(10-12-21)28-24(32)17-35-26-29-22-3-1-2-4-23(22)34-26/h1-12H,13-17H2,(H,28,32). The number of aromatic nitrogens is 1. The third kappa shape index (κ3) is 5.46. The number of hydrogen-bond donors (Lipinski definition) is 1. The van der Waals surface area contributed by atoms with E-state index in [0.717, 1.165) is 11.2 Å². The predicted octanol–water partition coefficient (Wildman–Crippen LogP) is 4.66. The highest BCUT2D eigenvalue weighted by molar-refractivity contribution is 7.99. The van der Waals surface area contributed by atoms with Gasteiger partial charge in [-0.05, 0) is 60.7 Å². The summed E-state index contributed by atoms with van der Waals surface area (Å²) in [6, 6.07) is 20.8. The fourth-order valence-corrected chi connectivity index (χ4v) is 4.57. The Balaban J connectivity index is 1.10. The van der Waals surface area contributed by atoms with E-state index < -0.39 is 0 Å². The van der Waals surface area contributed by atoms with E-state index in [4.69, 9.17) is 4.42 Å². The molecule has 2 heterocycles. The Morgan fingerprint density at radius 2 is 1.66 bits per heavy atom. The number of benzene rings is 3. The van der Waals surface area contributed by atoms with E-state index in [1.54, 1.807) is 4.90 Å². The molecule has 0 radical (unpaired) electrons. The van der Waals surface area contributed by atoms with Crippen LogP contribution in [0.4, 0.5) is 15.8 Å². The molecule has 3 aromatic carbocycles. The van der Waals surface area contributed by atoms with E-state index in [-0.39, 0.29) is 23.4 Å². The first-order valence-corrected chi connectivity index (χ1v) is 12.2. The molecule has 178 valence electrons. The largest absolute Gasteiger partial charge is 0.431 e. The fourth-order valence-electron chi connectivity index (χ4n) is 3.94. The van der Waals surface area contributed by atoms with E-state index in [9.17, 15) is 14.0 Å². The number of nitrogens with one attached hydrogen (secondary N) is 1. The van der Waals surface area contributed by atoms with Crippen LogP contribution in [0.1, 0.15) is 10.4 Å². The van der Waals surface area contributed by atoms with Crippen LogP contribution in [-0.2, 0) is 4.79 Å². The molecule has 2 amide bonds. The Morgan fingerprint density at radius 3 is 2.37 bits per heavy atom. The highest BCUT2D eigenvalue weighted by Crippen LogP contribution is 2.24. The smallest absolute Gasteiger partial charge is 0.257 e. The fraction of sp³-hybridized carbons (Fsp3) is 0.192. The monoisotopic (exact) mass is 490 g/mol. The lowest BCUT2D eigenvalue weighted by Crippen LogP contribution is -2.48. The minimum Gasteiger partial charge on any atom is -0.431 e. The van der Waals surface area contributed by atoms with Crippen molar-refractivity contribution in [2.75, 3.05) is 42.1 Å². The average Bonchev–Trinajstić information content (AvgIpc) is 3.31. The summed E-state index contributed by atoms with van der Waals surface area (Å²) in [6.45, 7) is 2.56. The molecule has 4 aromatic rings. The molecule has 35 heavy (non-hydrogen) atoms. The van der Waals surface area contributed by atoms with Crippen LogP contribution < -0.4 is 10.2 Å². The first-order valence-electron chi connectivity index (χ1n) is 11.2. The predicted molar refractivity (Wildman–Crippen MR) is 134 cm³/mol. The number of carbonyl (C=O) groups is 2. The van der Waals surface area contributed by atoms with Gasteiger partial charge in [-0.1, -0.05) is 23.9 Å². The zero-order chi connectivity index (χ0) is 24.2. The van der Waals surface area contributed by atoms with Gasteiger partial charge in [0.1, 0.15) is 11.3 Å². The molecule has 0 spiro atoms. The number of fused-ring (bicyclic) bond motifs is 1. The van der Waals surface area contributed by atoms with Crippen molar-refractivity contribution in [2.45, 2.75) is 5.22 Å². The van der Waals surface area contributed by atoms with Crippen molar-refractivity contribution in [1.82, 2.24) is 9.88 Å². The highest BCUT2D eigenvalue weighted by Gasteiger charge is 2.22. The van der Waals surface area contributed by atoms with Gasteiger partial charge in [-0.3, -0.25) is 9.59 Å². The molecule has 1 N–H and O–H groups in total. The second kappa shape index (κ2) is 10.2. The molecule has 0 unspecified atom stereocenters. The van der Waals surface area contributed by atoms with Crippen molar-refractivity contribution in [3.63, 3.8) is 0 Å². The number of anilines is 2. The topological polar surface area (TPSA) is 78.7 Å². The first-order chi connectivity index (χ1) is 17.0. The molecular weight excluding hydrogens is 467 g/mol. The summed E-state index contributed by atoms with van der Waals surface area (Å²) in [4.78, 5) is 33.3. The van der Waals surface area contributed by atoms with Gasteiger partial charge in [0, 0.05) is 43.1 Å². The molecule has 1 saturated heterocycles. The summed E-state index contributed by atoms with van der Waals surface area (Å²) in [5, 5.41) is 3.36. The summed E-state index contributed by atoms with van der Waals surface area (Å²) in [7, 11) is 0. The summed E-state index contributed by atoms with van der Waals surface area (Å²) in [5.41, 5.74) is 3.70. The van der Waals surface area contributed by atoms with Gasteiger partial charge in [-0.2, -0.15) is 0 Å². The Kier molecular flexibility index (Phi) is 6.67. The van der Waals surface area contributed by atoms with Crippen molar-refractivity contribution in [1.29, 1.82) is 0 Å². The lowest BCUT2D eigenvalue weighted by atomic mass is 10.1. The second-order valence-electron chi connectivity index (χ2n) is 8.12. The third-order valence-corrected chi connectivity index (χ3v) is 6.60. The maximum Gasteiger partial charge on any atom is 0.257 e. The van der Waals surface area contributed by atoms with E-state index in [0.29, 0.717) is 48.2 Å². The molecule has 0 atom stereocenters. The first kappa shape index (κ1) is 22.9. The maximum atomic E-state index is 13.1. The number of nitrogens with zero attached hydrogens (tertiary/aromatic N) is 3. The second-order valence-corrected chi connectivity index (χ2v) is 9.04. The van der Waals surface area contributed by atoms with Gasteiger partial charge in [0.25, 0.3) is 11.1 Å². The van der Waals surface area contributed by atoms with Gasteiger partial charge in [-0.15, -0.1) is 0 Å². The summed E-state index contributed by atoms with van der Waals surface area (Å²) >= 11 is 1.25. The summed E-state index contributed by atoms with van der Waals surface area (Å²) in [6.07, 6.45) is 0. The van der Waals surface area contributed by atoms with Crippen molar-refractivity contribution < 1.29 is 18.4 Å². The average molecular weight is 491 g/mol. The van der Waals surface area contributed by atoms with Gasteiger partial charge in [0.15, 0.2) is 5.58 Å². The molecule has 0 saturated carbocycles. The lowest BCUT2D eigenvalue weighted by Gasteiger charge is -2.36.